The van der Waals surface area contributed by atoms with E-state index < -0.39 is 0 Å². The fourth-order valence-corrected chi connectivity index (χ4v) is 1.74. The van der Waals surface area contributed by atoms with Crippen LogP contribution in [0.1, 0.15) is 5.82 Å². The van der Waals surface area contributed by atoms with E-state index >= 15 is 0 Å². The smallest absolute Gasteiger partial charge is 0.181 e. The van der Waals surface area contributed by atoms with Gasteiger partial charge in [-0.05, 0) is 12.1 Å². The minimum absolute atomic E-state index is 0.380. The van der Waals surface area contributed by atoms with Crippen molar-refractivity contribution in [3.05, 3.63) is 36.6 Å². The van der Waals surface area contributed by atoms with Crippen LogP contribution in [0.4, 0.5) is 0 Å². The van der Waals surface area contributed by atoms with Gasteiger partial charge in [-0.3, -0.25) is 0 Å². The molecular weight excluding hydrogens is 226 g/mol. The fourth-order valence-electron chi connectivity index (χ4n) is 1.60. The summed E-state index contributed by atoms with van der Waals surface area (Å²) < 4.78 is 5.24. The van der Waals surface area contributed by atoms with Gasteiger partial charge in [0.05, 0.1) is 17.8 Å². The molecule has 0 aliphatic carbocycles. The summed E-state index contributed by atoms with van der Waals surface area (Å²) in [4.78, 5) is 11.3. The van der Waals surface area contributed by atoms with Crippen molar-refractivity contribution < 1.29 is 4.42 Å². The monoisotopic (exact) mass is 233 g/mol. The lowest BCUT2D eigenvalue weighted by Gasteiger charge is -1.96. The summed E-state index contributed by atoms with van der Waals surface area (Å²) in [6, 6.07) is 5.81. The molecule has 0 aliphatic heterocycles. The van der Waals surface area contributed by atoms with E-state index in [1.54, 1.807) is 6.20 Å². The normalized spacial score (nSPS) is 11.1. The van der Waals surface area contributed by atoms with E-state index in [0.717, 1.165) is 28.2 Å². The molecule has 0 radical (unpaired) electrons. The quantitative estimate of drug-likeness (QED) is 0.693. The molecule has 0 atom stereocenters. The van der Waals surface area contributed by atoms with E-state index in [-0.39, 0.29) is 0 Å². The first-order valence-corrected chi connectivity index (χ1v) is 5.34. The summed E-state index contributed by atoms with van der Waals surface area (Å²) in [5.74, 6) is 1.14. The number of fused-ring (bicyclic) bond motifs is 1. The van der Waals surface area contributed by atoms with Gasteiger partial charge in [0.25, 0.3) is 0 Å². The van der Waals surface area contributed by atoms with Crippen LogP contribution in [0.2, 0.25) is 0 Å². The van der Waals surface area contributed by atoms with Crippen molar-refractivity contribution >= 4 is 22.7 Å². The van der Waals surface area contributed by atoms with Crippen LogP contribution < -0.4 is 0 Å². The first kappa shape index (κ1) is 9.42. The average Bonchev–Trinajstić information content (AvgIpc) is 2.96. The number of alkyl halides is 1. The Bertz CT molecular complexity index is 629. The van der Waals surface area contributed by atoms with Crippen molar-refractivity contribution in [1.29, 1.82) is 0 Å². The van der Waals surface area contributed by atoms with Crippen molar-refractivity contribution in [2.45, 2.75) is 5.88 Å². The van der Waals surface area contributed by atoms with E-state index in [4.69, 9.17) is 16.0 Å². The maximum absolute atomic E-state index is 5.68. The molecule has 0 saturated carbocycles. The van der Waals surface area contributed by atoms with Gasteiger partial charge in [-0.2, -0.15) is 0 Å². The van der Waals surface area contributed by atoms with Crippen molar-refractivity contribution in [3.63, 3.8) is 0 Å². The van der Waals surface area contributed by atoms with Crippen molar-refractivity contribution in [2.24, 2.45) is 0 Å². The third-order valence-corrected chi connectivity index (χ3v) is 2.65. The molecular formula is C11H8ClN3O. The topological polar surface area (TPSA) is 54.7 Å². The number of hydrogen-bond donors (Lipinski definition) is 1. The summed E-state index contributed by atoms with van der Waals surface area (Å²) in [6.07, 6.45) is 3.20. The number of hydrogen-bond acceptors (Lipinski definition) is 3. The highest BCUT2D eigenvalue weighted by molar-refractivity contribution is 6.16. The number of oxazole rings is 1. The summed E-state index contributed by atoms with van der Waals surface area (Å²) in [6.45, 7) is 0. The summed E-state index contributed by atoms with van der Waals surface area (Å²) in [7, 11) is 0. The molecule has 2 heterocycles. The number of H-pyrrole nitrogens is 1. The molecule has 4 nitrogen and oxygen atoms in total. The molecule has 1 aromatic carbocycles. The van der Waals surface area contributed by atoms with Gasteiger partial charge in [0.2, 0.25) is 0 Å². The first-order valence-electron chi connectivity index (χ1n) is 4.80. The standard InChI is InChI=1S/C11H8ClN3O/c12-4-11-13-5-9(15-11)7-1-2-8-10(3-7)16-6-14-8/h1-3,5-6H,4H2,(H,13,15). The SMILES string of the molecule is ClCc1ncc(-c2ccc3ncoc3c2)[nH]1. The second-order valence-corrected chi connectivity index (χ2v) is 3.68. The minimum atomic E-state index is 0.380. The van der Waals surface area contributed by atoms with Crippen molar-refractivity contribution in [2.75, 3.05) is 0 Å². The Morgan fingerprint density at radius 2 is 2.25 bits per heavy atom. The van der Waals surface area contributed by atoms with Gasteiger partial charge < -0.3 is 9.40 Å². The second kappa shape index (κ2) is 3.64. The molecule has 0 spiro atoms. The second-order valence-electron chi connectivity index (χ2n) is 3.41. The van der Waals surface area contributed by atoms with Crippen LogP contribution in [-0.2, 0) is 5.88 Å². The Labute approximate surface area is 96.3 Å². The third kappa shape index (κ3) is 1.47. The molecule has 0 bridgehead atoms. The van der Waals surface area contributed by atoms with Crippen LogP contribution in [0.15, 0.2) is 35.2 Å². The van der Waals surface area contributed by atoms with E-state index in [2.05, 4.69) is 15.0 Å². The van der Waals surface area contributed by atoms with Gasteiger partial charge in [0, 0.05) is 5.56 Å². The highest BCUT2D eigenvalue weighted by atomic mass is 35.5. The molecule has 0 fully saturated rings. The number of benzene rings is 1. The summed E-state index contributed by atoms with van der Waals surface area (Å²) in [5, 5.41) is 0. The average molecular weight is 234 g/mol. The minimum Gasteiger partial charge on any atom is -0.443 e. The van der Waals surface area contributed by atoms with Crippen molar-refractivity contribution in [3.8, 4) is 11.3 Å². The highest BCUT2D eigenvalue weighted by Gasteiger charge is 2.05. The Morgan fingerprint density at radius 1 is 1.31 bits per heavy atom. The summed E-state index contributed by atoms with van der Waals surface area (Å²) >= 11 is 5.68. The zero-order valence-electron chi connectivity index (χ0n) is 8.27. The number of nitrogens with one attached hydrogen (secondary N) is 1. The zero-order valence-corrected chi connectivity index (χ0v) is 9.03. The lowest BCUT2D eigenvalue weighted by atomic mass is 10.1. The molecule has 0 aliphatic rings. The van der Waals surface area contributed by atoms with Gasteiger partial charge in [-0.25, -0.2) is 9.97 Å². The fraction of sp³-hybridized carbons (Fsp3) is 0.0909. The molecule has 3 aromatic rings. The van der Waals surface area contributed by atoms with Crippen LogP contribution in [0.5, 0.6) is 0 Å². The van der Waals surface area contributed by atoms with Crippen LogP contribution in [0.3, 0.4) is 0 Å². The number of aromatic nitrogens is 3. The Hall–Kier alpha value is -1.81. The van der Waals surface area contributed by atoms with Gasteiger partial charge in [0.1, 0.15) is 11.3 Å². The third-order valence-electron chi connectivity index (χ3n) is 2.40. The number of imidazole rings is 1. The summed E-state index contributed by atoms with van der Waals surface area (Å²) in [5.41, 5.74) is 3.54. The number of aromatic amines is 1. The number of rotatable bonds is 2. The van der Waals surface area contributed by atoms with E-state index in [0.29, 0.717) is 5.88 Å². The molecule has 0 amide bonds. The van der Waals surface area contributed by atoms with Gasteiger partial charge in [-0.15, -0.1) is 11.6 Å². The molecule has 0 unspecified atom stereocenters. The van der Waals surface area contributed by atoms with Crippen LogP contribution in [0.25, 0.3) is 22.4 Å². The van der Waals surface area contributed by atoms with Crippen LogP contribution in [-0.4, -0.2) is 15.0 Å². The number of nitrogens with zero attached hydrogens (tertiary/aromatic N) is 2. The molecule has 5 heteroatoms. The predicted molar refractivity (Wildman–Crippen MR) is 61.1 cm³/mol. The van der Waals surface area contributed by atoms with Crippen molar-refractivity contribution in [1.82, 2.24) is 15.0 Å². The Morgan fingerprint density at radius 3 is 3.06 bits per heavy atom. The lowest BCUT2D eigenvalue weighted by Crippen LogP contribution is -1.80. The molecule has 16 heavy (non-hydrogen) atoms. The molecule has 0 saturated heterocycles. The molecule has 3 rings (SSSR count). The first-order chi connectivity index (χ1) is 7.86. The predicted octanol–water partition coefficient (Wildman–Crippen LogP) is 2.96. The molecule has 80 valence electrons. The Balaban J connectivity index is 2.10. The Kier molecular flexibility index (Phi) is 2.15. The molecule has 1 N–H and O–H groups in total. The van der Waals surface area contributed by atoms with E-state index in [1.165, 1.54) is 6.39 Å². The van der Waals surface area contributed by atoms with Crippen LogP contribution in [0, 0.1) is 0 Å². The van der Waals surface area contributed by atoms with E-state index in [1.807, 2.05) is 18.2 Å². The molecule has 2 aromatic heterocycles. The maximum atomic E-state index is 5.68. The maximum Gasteiger partial charge on any atom is 0.181 e. The van der Waals surface area contributed by atoms with E-state index in [9.17, 15) is 0 Å². The van der Waals surface area contributed by atoms with Gasteiger partial charge >= 0.3 is 0 Å². The van der Waals surface area contributed by atoms with Gasteiger partial charge in [-0.1, -0.05) is 6.07 Å². The lowest BCUT2D eigenvalue weighted by molar-refractivity contribution is 0.602. The van der Waals surface area contributed by atoms with Gasteiger partial charge in [0.15, 0.2) is 12.0 Å². The number of halogens is 1. The highest BCUT2D eigenvalue weighted by Crippen LogP contribution is 2.22. The largest absolute Gasteiger partial charge is 0.443 e. The zero-order chi connectivity index (χ0) is 11.0. The van der Waals surface area contributed by atoms with Crippen LogP contribution >= 0.6 is 11.6 Å².